The Kier molecular flexibility index (Phi) is 4.12. The molecule has 2 aromatic rings. The van der Waals surface area contributed by atoms with E-state index in [0.717, 1.165) is 38.2 Å². The van der Waals surface area contributed by atoms with E-state index in [0.29, 0.717) is 6.54 Å². The molecule has 1 amide bonds. The number of likely N-dealkylation sites (tertiary alicyclic amines) is 1. The number of hydrogen-bond acceptors (Lipinski definition) is 4. The number of fused-ring (bicyclic) bond motifs is 1. The summed E-state index contributed by atoms with van der Waals surface area (Å²) in [7, 11) is 3.64. The van der Waals surface area contributed by atoms with Gasteiger partial charge in [0.1, 0.15) is 5.82 Å². The van der Waals surface area contributed by atoms with E-state index in [1.807, 2.05) is 24.2 Å². The number of anilines is 1. The molecule has 2 aliphatic heterocycles. The smallest absolute Gasteiger partial charge is 0.228 e. The average molecular weight is 339 g/mol. The largest absolute Gasteiger partial charge is 0.380 e. The second-order valence-corrected chi connectivity index (χ2v) is 7.37. The number of amides is 1. The molecule has 0 bridgehead atoms. The van der Waals surface area contributed by atoms with Crippen molar-refractivity contribution < 1.29 is 9.53 Å². The first-order chi connectivity index (χ1) is 12.1. The Morgan fingerprint density at radius 2 is 1.96 bits per heavy atom. The van der Waals surface area contributed by atoms with Gasteiger partial charge in [0, 0.05) is 45.4 Å². The molecule has 0 radical (unpaired) electrons. The Labute approximate surface area is 148 Å². The maximum absolute atomic E-state index is 12.9. The van der Waals surface area contributed by atoms with Crippen molar-refractivity contribution in [3.8, 4) is 0 Å². The van der Waals surface area contributed by atoms with Crippen molar-refractivity contribution in [3.05, 3.63) is 36.5 Å². The van der Waals surface area contributed by atoms with Crippen molar-refractivity contribution in [2.45, 2.75) is 25.4 Å². The van der Waals surface area contributed by atoms with Gasteiger partial charge in [-0.15, -0.1) is 0 Å². The van der Waals surface area contributed by atoms with Gasteiger partial charge < -0.3 is 14.5 Å². The predicted octanol–water partition coefficient (Wildman–Crippen LogP) is 2.70. The Balaban J connectivity index is 1.57. The highest BCUT2D eigenvalue weighted by Gasteiger charge is 2.48. The fourth-order valence-corrected chi connectivity index (χ4v) is 4.46. The second kappa shape index (κ2) is 6.30. The average Bonchev–Trinajstić information content (AvgIpc) is 2.66. The van der Waals surface area contributed by atoms with E-state index in [-0.39, 0.29) is 17.4 Å². The zero-order valence-electron chi connectivity index (χ0n) is 14.9. The van der Waals surface area contributed by atoms with Gasteiger partial charge in [-0.1, -0.05) is 24.3 Å². The van der Waals surface area contributed by atoms with Crippen LogP contribution in [0.3, 0.4) is 0 Å². The second-order valence-electron chi connectivity index (χ2n) is 7.37. The summed E-state index contributed by atoms with van der Waals surface area (Å²) in [5.74, 6) is 1.32. The van der Waals surface area contributed by atoms with Crippen molar-refractivity contribution >= 4 is 22.5 Å². The quantitative estimate of drug-likeness (QED) is 0.844. The summed E-state index contributed by atoms with van der Waals surface area (Å²) >= 11 is 0. The molecule has 1 aromatic heterocycles. The van der Waals surface area contributed by atoms with E-state index < -0.39 is 0 Å². The van der Waals surface area contributed by atoms with Crippen LogP contribution in [0.2, 0.25) is 0 Å². The first-order valence-electron chi connectivity index (χ1n) is 9.00. The third-order valence-electron chi connectivity index (χ3n) is 5.90. The highest BCUT2D eigenvalue weighted by molar-refractivity contribution is 5.92. The molecule has 0 aliphatic carbocycles. The van der Waals surface area contributed by atoms with Gasteiger partial charge in [-0.25, -0.2) is 4.98 Å². The molecule has 3 heterocycles. The van der Waals surface area contributed by atoms with Gasteiger partial charge in [-0.2, -0.15) is 0 Å². The molecule has 0 saturated carbocycles. The minimum atomic E-state index is -0.269. The molecular formula is C20H25N3O2. The third-order valence-corrected chi connectivity index (χ3v) is 5.90. The number of carbonyl (C=O) groups excluding carboxylic acids is 1. The summed E-state index contributed by atoms with van der Waals surface area (Å²) in [4.78, 5) is 21.7. The molecule has 2 saturated heterocycles. The summed E-state index contributed by atoms with van der Waals surface area (Å²) in [6.07, 6.45) is 4.58. The number of piperidine rings is 2. The van der Waals surface area contributed by atoms with Crippen molar-refractivity contribution in [1.29, 1.82) is 0 Å². The fourth-order valence-electron chi connectivity index (χ4n) is 4.46. The van der Waals surface area contributed by atoms with Gasteiger partial charge in [0.25, 0.3) is 0 Å². The molecule has 2 fully saturated rings. The van der Waals surface area contributed by atoms with Crippen LogP contribution < -0.4 is 4.90 Å². The molecule has 0 N–H and O–H groups in total. The minimum absolute atomic E-state index is 0.143. The maximum Gasteiger partial charge on any atom is 0.228 e. The van der Waals surface area contributed by atoms with Crippen LogP contribution in [0.25, 0.3) is 10.8 Å². The lowest BCUT2D eigenvalue weighted by atomic mass is 9.71. The Hall–Kier alpha value is -2.14. The molecule has 25 heavy (non-hydrogen) atoms. The topological polar surface area (TPSA) is 45.7 Å². The van der Waals surface area contributed by atoms with E-state index >= 15 is 0 Å². The van der Waals surface area contributed by atoms with Crippen LogP contribution >= 0.6 is 0 Å². The Morgan fingerprint density at radius 3 is 2.72 bits per heavy atom. The Bertz CT molecular complexity index is 778. The minimum Gasteiger partial charge on any atom is -0.380 e. The van der Waals surface area contributed by atoms with Gasteiger partial charge in [0.15, 0.2) is 0 Å². The number of rotatable bonds is 2. The lowest BCUT2D eigenvalue weighted by molar-refractivity contribution is -0.153. The molecule has 1 unspecified atom stereocenters. The van der Waals surface area contributed by atoms with Gasteiger partial charge in [-0.05, 0) is 30.7 Å². The van der Waals surface area contributed by atoms with E-state index in [9.17, 15) is 4.79 Å². The normalized spacial score (nSPS) is 23.4. The standard InChI is InChI=1S/C20H25N3O2/c1-22-14-16(25-2)13-20(19(22)24)8-11-23(12-9-20)18-17-6-4-3-5-15(17)7-10-21-18/h3-7,10,16H,8-9,11-14H2,1-2H3. The monoisotopic (exact) mass is 339 g/mol. The first-order valence-corrected chi connectivity index (χ1v) is 9.00. The number of aromatic nitrogens is 1. The number of ether oxygens (including phenoxy) is 1. The van der Waals surface area contributed by atoms with Crippen LogP contribution in [0.5, 0.6) is 0 Å². The van der Waals surface area contributed by atoms with Crippen LogP contribution in [-0.2, 0) is 9.53 Å². The van der Waals surface area contributed by atoms with Crippen molar-refractivity contribution in [2.24, 2.45) is 5.41 Å². The van der Waals surface area contributed by atoms with Crippen LogP contribution in [0.4, 0.5) is 5.82 Å². The molecule has 132 valence electrons. The van der Waals surface area contributed by atoms with Crippen LogP contribution in [0, 0.1) is 5.41 Å². The fraction of sp³-hybridized carbons (Fsp3) is 0.500. The van der Waals surface area contributed by atoms with Crippen LogP contribution in [-0.4, -0.2) is 55.7 Å². The summed E-state index contributed by atoms with van der Waals surface area (Å²) < 4.78 is 5.59. The molecule has 1 aromatic carbocycles. The molecule has 1 spiro atoms. The summed E-state index contributed by atoms with van der Waals surface area (Å²) in [6.45, 7) is 2.42. The van der Waals surface area contributed by atoms with Gasteiger partial charge in [0.05, 0.1) is 11.5 Å². The highest BCUT2D eigenvalue weighted by atomic mass is 16.5. The van der Waals surface area contributed by atoms with Gasteiger partial charge in [-0.3, -0.25) is 4.79 Å². The number of hydrogen-bond donors (Lipinski definition) is 0. The van der Waals surface area contributed by atoms with E-state index in [1.165, 1.54) is 10.8 Å². The Morgan fingerprint density at radius 1 is 1.20 bits per heavy atom. The number of nitrogens with zero attached hydrogens (tertiary/aromatic N) is 3. The predicted molar refractivity (Wildman–Crippen MR) is 98.7 cm³/mol. The number of pyridine rings is 1. The molecule has 5 heteroatoms. The van der Waals surface area contributed by atoms with E-state index in [2.05, 4.69) is 34.1 Å². The summed E-state index contributed by atoms with van der Waals surface area (Å²) in [5.41, 5.74) is -0.269. The van der Waals surface area contributed by atoms with E-state index in [4.69, 9.17) is 4.74 Å². The summed E-state index contributed by atoms with van der Waals surface area (Å²) in [5, 5.41) is 2.39. The highest BCUT2D eigenvalue weighted by Crippen LogP contribution is 2.42. The number of methoxy groups -OCH3 is 1. The van der Waals surface area contributed by atoms with Gasteiger partial charge >= 0.3 is 0 Å². The lowest BCUT2D eigenvalue weighted by Gasteiger charge is -2.48. The lowest BCUT2D eigenvalue weighted by Crippen LogP contribution is -2.56. The molecule has 4 rings (SSSR count). The summed E-state index contributed by atoms with van der Waals surface area (Å²) in [6, 6.07) is 10.4. The van der Waals surface area contributed by atoms with Crippen molar-refractivity contribution in [2.75, 3.05) is 38.7 Å². The number of carbonyl (C=O) groups is 1. The molecule has 1 atom stereocenters. The van der Waals surface area contributed by atoms with Crippen molar-refractivity contribution in [1.82, 2.24) is 9.88 Å². The third kappa shape index (κ3) is 2.76. The first kappa shape index (κ1) is 16.3. The molecule has 2 aliphatic rings. The molecule has 5 nitrogen and oxygen atoms in total. The van der Waals surface area contributed by atoms with Crippen molar-refractivity contribution in [3.63, 3.8) is 0 Å². The van der Waals surface area contributed by atoms with E-state index in [1.54, 1.807) is 7.11 Å². The van der Waals surface area contributed by atoms with Gasteiger partial charge in [0.2, 0.25) is 5.91 Å². The molecular weight excluding hydrogens is 314 g/mol. The number of benzene rings is 1. The zero-order chi connectivity index (χ0) is 17.4. The zero-order valence-corrected chi connectivity index (χ0v) is 14.9. The van der Waals surface area contributed by atoms with Crippen LogP contribution in [0.1, 0.15) is 19.3 Å². The SMILES string of the molecule is COC1CN(C)C(=O)C2(CCN(c3nccc4ccccc34)CC2)C1. The maximum atomic E-state index is 12.9. The van der Waals surface area contributed by atoms with Crippen LogP contribution in [0.15, 0.2) is 36.5 Å². The number of likely N-dealkylation sites (N-methyl/N-ethyl adjacent to an activating group) is 1.